The quantitative estimate of drug-likeness (QED) is 0.334. The molecule has 6 rings (SSSR count). The second-order valence-corrected chi connectivity index (χ2v) is 11.7. The Labute approximate surface area is 225 Å². The van der Waals surface area contributed by atoms with Gasteiger partial charge in [0.25, 0.3) is 5.56 Å². The number of aromatic nitrogens is 1. The van der Waals surface area contributed by atoms with Gasteiger partial charge in [-0.05, 0) is 61.2 Å². The Morgan fingerprint density at radius 2 is 1.92 bits per heavy atom. The van der Waals surface area contributed by atoms with Gasteiger partial charge in [0.05, 0.1) is 33.8 Å². The summed E-state index contributed by atoms with van der Waals surface area (Å²) in [6.07, 6.45) is 1.92. The largest absolute Gasteiger partial charge is 0.463 e. The normalized spacial score (nSPS) is 16.7. The molecule has 0 saturated carbocycles. The van der Waals surface area contributed by atoms with Crippen molar-refractivity contribution in [2.45, 2.75) is 29.7 Å². The van der Waals surface area contributed by atoms with E-state index in [1.54, 1.807) is 30.2 Å². The monoisotopic (exact) mass is 545 g/mol. The molecule has 4 aromatic rings. The van der Waals surface area contributed by atoms with E-state index < -0.39 is 12.0 Å². The van der Waals surface area contributed by atoms with E-state index in [2.05, 4.69) is 41.2 Å². The molecule has 4 heterocycles. The van der Waals surface area contributed by atoms with Gasteiger partial charge in [-0.25, -0.2) is 9.79 Å². The standard InChI is InChI=1S/C28H23N3O3S3/c1-4-34-27(33)24-16(2)29-28-31(25(24)21-10-7-13-35-21)26(32)23(37-28)15-17-11-12-19-22(14-17)36-20-9-6-5-8-18(20)30(19)3/h5-15,25H,4H2,1-3H3/b23-15+/t25-/m1/s1. The molecule has 0 aliphatic carbocycles. The first kappa shape index (κ1) is 24.0. The summed E-state index contributed by atoms with van der Waals surface area (Å²) < 4.78 is 7.56. The van der Waals surface area contributed by atoms with E-state index in [1.165, 1.54) is 33.3 Å². The van der Waals surface area contributed by atoms with Gasteiger partial charge >= 0.3 is 5.97 Å². The van der Waals surface area contributed by atoms with E-state index in [9.17, 15) is 9.59 Å². The van der Waals surface area contributed by atoms with Crippen molar-refractivity contribution >= 4 is 57.9 Å². The van der Waals surface area contributed by atoms with Crippen LogP contribution in [0.1, 0.15) is 30.3 Å². The Balaban J connectivity index is 1.46. The number of anilines is 2. The summed E-state index contributed by atoms with van der Waals surface area (Å²) in [7, 11) is 2.07. The minimum Gasteiger partial charge on any atom is -0.463 e. The molecule has 1 atom stereocenters. The van der Waals surface area contributed by atoms with Crippen molar-refractivity contribution in [2.75, 3.05) is 18.6 Å². The zero-order chi connectivity index (χ0) is 25.7. The van der Waals surface area contributed by atoms with Crippen LogP contribution in [-0.4, -0.2) is 24.2 Å². The van der Waals surface area contributed by atoms with Crippen molar-refractivity contribution in [2.24, 2.45) is 4.99 Å². The fraction of sp³-hybridized carbons (Fsp3) is 0.179. The van der Waals surface area contributed by atoms with Gasteiger partial charge in [0.2, 0.25) is 0 Å². The van der Waals surface area contributed by atoms with Crippen molar-refractivity contribution in [3.63, 3.8) is 0 Å². The van der Waals surface area contributed by atoms with Crippen LogP contribution in [0.5, 0.6) is 0 Å². The minimum atomic E-state index is -0.554. The van der Waals surface area contributed by atoms with Crippen LogP contribution in [0.4, 0.5) is 11.4 Å². The first-order valence-electron chi connectivity index (χ1n) is 11.8. The number of hydrogen-bond donors (Lipinski definition) is 0. The third kappa shape index (κ3) is 4.07. The molecule has 0 saturated heterocycles. The van der Waals surface area contributed by atoms with Crippen molar-refractivity contribution in [1.29, 1.82) is 0 Å². The molecule has 0 N–H and O–H groups in total. The first-order chi connectivity index (χ1) is 18.0. The number of allylic oxidation sites excluding steroid dienone is 1. The molecule has 37 heavy (non-hydrogen) atoms. The van der Waals surface area contributed by atoms with Gasteiger partial charge in [-0.15, -0.1) is 11.3 Å². The molecule has 2 aromatic carbocycles. The molecule has 0 radical (unpaired) electrons. The van der Waals surface area contributed by atoms with Gasteiger partial charge in [0.15, 0.2) is 4.80 Å². The molecule has 0 spiro atoms. The summed E-state index contributed by atoms with van der Waals surface area (Å²) >= 11 is 4.59. The van der Waals surface area contributed by atoms with Crippen LogP contribution < -0.4 is 19.8 Å². The summed E-state index contributed by atoms with van der Waals surface area (Å²) in [6.45, 7) is 3.84. The topological polar surface area (TPSA) is 63.9 Å². The molecule has 0 amide bonds. The summed E-state index contributed by atoms with van der Waals surface area (Å²) in [5, 5.41) is 1.95. The Bertz CT molecular complexity index is 1750. The lowest BCUT2D eigenvalue weighted by Crippen LogP contribution is -2.39. The molecule has 2 aliphatic rings. The number of carbonyl (C=O) groups excluding carboxylic acids is 1. The van der Waals surface area contributed by atoms with E-state index in [1.807, 2.05) is 41.8 Å². The lowest BCUT2D eigenvalue weighted by molar-refractivity contribution is -0.139. The van der Waals surface area contributed by atoms with Crippen LogP contribution >= 0.6 is 34.4 Å². The predicted molar refractivity (Wildman–Crippen MR) is 150 cm³/mol. The van der Waals surface area contributed by atoms with E-state index in [0.717, 1.165) is 21.0 Å². The molecule has 9 heteroatoms. The van der Waals surface area contributed by atoms with Crippen molar-refractivity contribution in [1.82, 2.24) is 4.57 Å². The van der Waals surface area contributed by atoms with Crippen LogP contribution in [-0.2, 0) is 9.53 Å². The number of benzene rings is 2. The number of esters is 1. The number of ether oxygens (including phenoxy) is 1. The molecule has 2 aliphatic heterocycles. The van der Waals surface area contributed by atoms with Gasteiger partial charge in [-0.3, -0.25) is 9.36 Å². The summed E-state index contributed by atoms with van der Waals surface area (Å²) in [5.41, 5.74) is 4.09. The molecule has 6 nitrogen and oxygen atoms in total. The van der Waals surface area contributed by atoms with Crippen LogP contribution in [0, 0.1) is 0 Å². The molecule has 0 bridgehead atoms. The Kier molecular flexibility index (Phi) is 6.14. The van der Waals surface area contributed by atoms with E-state index in [4.69, 9.17) is 4.74 Å². The third-order valence-corrected chi connectivity index (χ3v) is 9.44. The van der Waals surface area contributed by atoms with E-state index in [0.29, 0.717) is 20.6 Å². The van der Waals surface area contributed by atoms with Crippen molar-refractivity contribution in [3.05, 3.63) is 101 Å². The highest BCUT2D eigenvalue weighted by Gasteiger charge is 2.34. The van der Waals surface area contributed by atoms with Crippen molar-refractivity contribution < 1.29 is 9.53 Å². The maximum atomic E-state index is 13.8. The number of fused-ring (bicyclic) bond motifs is 3. The average Bonchev–Trinajstić information content (AvgIpc) is 3.52. The zero-order valence-electron chi connectivity index (χ0n) is 20.4. The van der Waals surface area contributed by atoms with Crippen LogP contribution in [0.3, 0.4) is 0 Å². The molecular formula is C28H23N3O3S3. The fourth-order valence-electron chi connectivity index (χ4n) is 4.71. The van der Waals surface area contributed by atoms with Gasteiger partial charge in [0.1, 0.15) is 6.04 Å². The summed E-state index contributed by atoms with van der Waals surface area (Å²) in [5.74, 6) is -0.437. The van der Waals surface area contributed by atoms with Gasteiger partial charge < -0.3 is 9.64 Å². The number of thiazole rings is 1. The predicted octanol–water partition coefficient (Wildman–Crippen LogP) is 5.09. The Hall–Kier alpha value is -3.40. The van der Waals surface area contributed by atoms with Crippen molar-refractivity contribution in [3.8, 4) is 0 Å². The summed E-state index contributed by atoms with van der Waals surface area (Å²) in [4.78, 5) is 37.4. The summed E-state index contributed by atoms with van der Waals surface area (Å²) in [6, 6.07) is 17.9. The highest BCUT2D eigenvalue weighted by molar-refractivity contribution is 7.99. The highest BCUT2D eigenvalue weighted by atomic mass is 32.2. The Morgan fingerprint density at radius 1 is 1.11 bits per heavy atom. The molecule has 0 unspecified atom stereocenters. The second kappa shape index (κ2) is 9.48. The van der Waals surface area contributed by atoms with E-state index >= 15 is 0 Å². The lowest BCUT2D eigenvalue weighted by atomic mass is 10.0. The zero-order valence-corrected chi connectivity index (χ0v) is 22.9. The highest BCUT2D eigenvalue weighted by Crippen LogP contribution is 2.47. The Morgan fingerprint density at radius 3 is 2.70 bits per heavy atom. The maximum absolute atomic E-state index is 13.8. The fourth-order valence-corrected chi connectivity index (χ4v) is 7.77. The van der Waals surface area contributed by atoms with Gasteiger partial charge in [0, 0.05) is 21.7 Å². The molecule has 2 aromatic heterocycles. The molecule has 0 fully saturated rings. The second-order valence-electron chi connectivity index (χ2n) is 8.67. The number of thiophene rings is 1. The molecular weight excluding hydrogens is 523 g/mol. The average molecular weight is 546 g/mol. The smallest absolute Gasteiger partial charge is 0.338 e. The van der Waals surface area contributed by atoms with Crippen LogP contribution in [0.25, 0.3) is 6.08 Å². The van der Waals surface area contributed by atoms with Gasteiger partial charge in [-0.1, -0.05) is 47.4 Å². The van der Waals surface area contributed by atoms with Crippen LogP contribution in [0.2, 0.25) is 0 Å². The number of para-hydroxylation sites is 1. The van der Waals surface area contributed by atoms with Gasteiger partial charge in [-0.2, -0.15) is 0 Å². The number of carbonyl (C=O) groups is 1. The SMILES string of the molecule is CCOC(=O)C1=C(C)N=c2s/c(=C/c3ccc4c(c3)Sc3ccccc3N4C)c(=O)n2[C@@H]1c1cccs1. The third-order valence-electron chi connectivity index (χ3n) is 6.42. The van der Waals surface area contributed by atoms with E-state index in [-0.39, 0.29) is 12.2 Å². The first-order valence-corrected chi connectivity index (χ1v) is 14.3. The minimum absolute atomic E-state index is 0.163. The molecule has 186 valence electrons. The number of rotatable bonds is 4. The lowest BCUT2D eigenvalue weighted by Gasteiger charge is -2.29. The number of nitrogens with zero attached hydrogens (tertiary/aromatic N) is 3. The maximum Gasteiger partial charge on any atom is 0.338 e. The number of hydrogen-bond acceptors (Lipinski definition) is 8. The van der Waals surface area contributed by atoms with Crippen LogP contribution in [0.15, 0.2) is 90.8 Å².